The van der Waals surface area contributed by atoms with Crippen LogP contribution >= 0.6 is 0 Å². The Morgan fingerprint density at radius 3 is 2.38 bits per heavy atom. The Morgan fingerprint density at radius 2 is 1.83 bits per heavy atom. The quantitative estimate of drug-likeness (QED) is 0.828. The number of carboxylic acids is 1. The number of aliphatic carboxylic acids is 1. The van der Waals surface area contributed by atoms with Crippen LogP contribution < -0.4 is 4.74 Å². The highest BCUT2D eigenvalue weighted by Crippen LogP contribution is 2.21. The van der Waals surface area contributed by atoms with Gasteiger partial charge in [0.15, 0.2) is 0 Å². The number of nitrogens with zero attached hydrogens (tertiary/aromatic N) is 1. The maximum atomic E-state index is 12.2. The van der Waals surface area contributed by atoms with Crippen molar-refractivity contribution in [2.45, 2.75) is 38.7 Å². The first-order chi connectivity index (χ1) is 11.4. The molecule has 1 fully saturated rings. The fourth-order valence-electron chi connectivity index (χ4n) is 2.88. The molecule has 0 aromatic heterocycles. The molecule has 24 heavy (non-hydrogen) atoms. The molecule has 1 N–H and O–H groups in total. The van der Waals surface area contributed by atoms with Crippen molar-refractivity contribution in [3.8, 4) is 5.75 Å². The van der Waals surface area contributed by atoms with Gasteiger partial charge in [0.2, 0.25) is 5.91 Å². The second-order valence-corrected chi connectivity index (χ2v) is 5.94. The predicted molar refractivity (Wildman–Crippen MR) is 83.0 cm³/mol. The molecule has 1 aromatic carbocycles. The first kappa shape index (κ1) is 18.2. The molecule has 0 radical (unpaired) electrons. The molecular weight excluding hydrogens is 320 g/mol. The molecule has 0 saturated carbocycles. The number of rotatable bonds is 7. The summed E-state index contributed by atoms with van der Waals surface area (Å²) >= 11 is 0. The smallest absolute Gasteiger partial charge is 0.387 e. The number of amides is 1. The largest absolute Gasteiger partial charge is 0.481 e. The van der Waals surface area contributed by atoms with Gasteiger partial charge >= 0.3 is 12.6 Å². The van der Waals surface area contributed by atoms with Gasteiger partial charge in [-0.05, 0) is 42.9 Å². The van der Waals surface area contributed by atoms with E-state index in [2.05, 4.69) is 4.74 Å². The number of benzene rings is 1. The minimum absolute atomic E-state index is 0.0386. The van der Waals surface area contributed by atoms with Crippen LogP contribution in [0.15, 0.2) is 24.3 Å². The molecule has 1 amide bonds. The Kier molecular flexibility index (Phi) is 6.52. The lowest BCUT2D eigenvalue weighted by Gasteiger charge is -2.31. The van der Waals surface area contributed by atoms with Crippen molar-refractivity contribution < 1.29 is 28.2 Å². The summed E-state index contributed by atoms with van der Waals surface area (Å²) in [6.45, 7) is -1.66. The third-order valence-electron chi connectivity index (χ3n) is 4.21. The van der Waals surface area contributed by atoms with Gasteiger partial charge < -0.3 is 14.7 Å². The summed E-state index contributed by atoms with van der Waals surface area (Å²) < 4.78 is 28.4. The monoisotopic (exact) mass is 341 g/mol. The maximum Gasteiger partial charge on any atom is 0.387 e. The maximum absolute atomic E-state index is 12.2. The van der Waals surface area contributed by atoms with E-state index in [1.807, 2.05) is 0 Å². The van der Waals surface area contributed by atoms with Crippen LogP contribution in [0.3, 0.4) is 0 Å². The fourth-order valence-corrected chi connectivity index (χ4v) is 2.88. The van der Waals surface area contributed by atoms with E-state index in [-0.39, 0.29) is 24.0 Å². The minimum atomic E-state index is -2.85. The zero-order chi connectivity index (χ0) is 17.5. The van der Waals surface area contributed by atoms with E-state index in [1.54, 1.807) is 17.0 Å². The van der Waals surface area contributed by atoms with Crippen LogP contribution in [0.5, 0.6) is 5.75 Å². The molecule has 0 unspecified atom stereocenters. The summed E-state index contributed by atoms with van der Waals surface area (Å²) in [5.41, 5.74) is 0.880. The highest BCUT2D eigenvalue weighted by atomic mass is 19.3. The van der Waals surface area contributed by atoms with E-state index in [4.69, 9.17) is 5.11 Å². The van der Waals surface area contributed by atoms with Crippen molar-refractivity contribution in [2.75, 3.05) is 13.1 Å². The van der Waals surface area contributed by atoms with E-state index in [0.717, 1.165) is 18.4 Å². The molecule has 7 heteroatoms. The zero-order valence-electron chi connectivity index (χ0n) is 13.3. The summed E-state index contributed by atoms with van der Waals surface area (Å²) in [6.07, 6.45) is 2.48. The number of carbonyl (C=O) groups excluding carboxylic acids is 1. The number of aryl methyl sites for hydroxylation is 1. The number of halogens is 2. The first-order valence-corrected chi connectivity index (χ1v) is 7.97. The second-order valence-electron chi connectivity index (χ2n) is 5.94. The Morgan fingerprint density at radius 1 is 1.21 bits per heavy atom. The number of carboxylic acid groups (broad SMARTS) is 1. The molecule has 1 aliphatic heterocycles. The third kappa shape index (κ3) is 5.79. The Labute approximate surface area is 139 Å². The van der Waals surface area contributed by atoms with E-state index in [9.17, 15) is 18.4 Å². The molecule has 0 spiro atoms. The van der Waals surface area contributed by atoms with E-state index < -0.39 is 12.6 Å². The summed E-state index contributed by atoms with van der Waals surface area (Å²) in [5, 5.41) is 8.79. The number of hydrogen-bond donors (Lipinski definition) is 1. The number of hydrogen-bond acceptors (Lipinski definition) is 3. The number of alkyl halides is 2. The van der Waals surface area contributed by atoms with E-state index >= 15 is 0 Å². The normalized spacial score (nSPS) is 15.5. The van der Waals surface area contributed by atoms with E-state index in [0.29, 0.717) is 25.9 Å². The number of likely N-dealkylation sites (tertiary alicyclic amines) is 1. The lowest BCUT2D eigenvalue weighted by atomic mass is 9.93. The average Bonchev–Trinajstić information content (AvgIpc) is 2.53. The van der Waals surface area contributed by atoms with Crippen molar-refractivity contribution in [3.63, 3.8) is 0 Å². The highest BCUT2D eigenvalue weighted by molar-refractivity contribution is 5.76. The van der Waals surface area contributed by atoms with Crippen molar-refractivity contribution in [3.05, 3.63) is 29.8 Å². The SMILES string of the molecule is O=C(O)CC1CCN(C(=O)CCc2ccc(OC(F)F)cc2)CC1. The molecular formula is C17H21F2NO4. The van der Waals surface area contributed by atoms with Gasteiger partial charge in [0.05, 0.1) is 0 Å². The van der Waals surface area contributed by atoms with Crippen molar-refractivity contribution >= 4 is 11.9 Å². The molecule has 1 aliphatic rings. The fraction of sp³-hybridized carbons (Fsp3) is 0.529. The number of carbonyl (C=O) groups is 2. The molecule has 132 valence electrons. The van der Waals surface area contributed by atoms with Crippen LogP contribution in [0.25, 0.3) is 0 Å². The molecule has 1 heterocycles. The van der Waals surface area contributed by atoms with Crippen LogP contribution in [0.1, 0.15) is 31.2 Å². The lowest BCUT2D eigenvalue weighted by molar-refractivity contribution is -0.138. The first-order valence-electron chi connectivity index (χ1n) is 7.97. The summed E-state index contributed by atoms with van der Waals surface area (Å²) in [7, 11) is 0. The molecule has 0 atom stereocenters. The second kappa shape index (κ2) is 8.61. The van der Waals surface area contributed by atoms with Crippen LogP contribution in [-0.4, -0.2) is 41.6 Å². The van der Waals surface area contributed by atoms with Crippen LogP contribution in [0.4, 0.5) is 8.78 Å². The van der Waals surface area contributed by atoms with Gasteiger partial charge in [0.1, 0.15) is 5.75 Å². The molecule has 5 nitrogen and oxygen atoms in total. The van der Waals surface area contributed by atoms with Crippen LogP contribution in [0, 0.1) is 5.92 Å². The minimum Gasteiger partial charge on any atom is -0.481 e. The molecule has 2 rings (SSSR count). The number of ether oxygens (including phenoxy) is 1. The molecule has 0 aliphatic carbocycles. The predicted octanol–water partition coefficient (Wildman–Crippen LogP) is 2.93. The van der Waals surface area contributed by atoms with Gasteiger partial charge in [-0.15, -0.1) is 0 Å². The molecule has 0 bridgehead atoms. The Hall–Kier alpha value is -2.18. The standard InChI is InChI=1S/C17H21F2NO4/c18-17(19)24-14-4-1-12(2-5-14)3-6-15(21)20-9-7-13(8-10-20)11-16(22)23/h1-2,4-5,13,17H,3,6-11H2,(H,22,23). The van der Waals surface area contributed by atoms with Crippen LogP contribution in [0.2, 0.25) is 0 Å². The van der Waals surface area contributed by atoms with Gasteiger partial charge in [-0.25, -0.2) is 0 Å². The topological polar surface area (TPSA) is 66.8 Å². The zero-order valence-corrected chi connectivity index (χ0v) is 13.3. The highest BCUT2D eigenvalue weighted by Gasteiger charge is 2.23. The Balaban J connectivity index is 1.74. The molecule has 1 aromatic rings. The lowest BCUT2D eigenvalue weighted by Crippen LogP contribution is -2.39. The van der Waals surface area contributed by atoms with Crippen LogP contribution in [-0.2, 0) is 16.0 Å². The molecule has 1 saturated heterocycles. The van der Waals surface area contributed by atoms with Crippen molar-refractivity contribution in [1.82, 2.24) is 4.90 Å². The number of piperidine rings is 1. The van der Waals surface area contributed by atoms with Gasteiger partial charge in [-0.3, -0.25) is 9.59 Å². The van der Waals surface area contributed by atoms with E-state index in [1.165, 1.54) is 12.1 Å². The summed E-state index contributed by atoms with van der Waals surface area (Å²) in [6, 6.07) is 6.26. The van der Waals surface area contributed by atoms with Gasteiger partial charge in [0.25, 0.3) is 0 Å². The van der Waals surface area contributed by atoms with Gasteiger partial charge in [0, 0.05) is 25.9 Å². The van der Waals surface area contributed by atoms with Crippen molar-refractivity contribution in [2.24, 2.45) is 5.92 Å². The van der Waals surface area contributed by atoms with Gasteiger partial charge in [-0.1, -0.05) is 12.1 Å². The summed E-state index contributed by atoms with van der Waals surface area (Å²) in [5.74, 6) is -0.509. The average molecular weight is 341 g/mol. The summed E-state index contributed by atoms with van der Waals surface area (Å²) in [4.78, 5) is 24.7. The van der Waals surface area contributed by atoms with Gasteiger partial charge in [-0.2, -0.15) is 8.78 Å². The Bertz CT molecular complexity index is 554. The van der Waals surface area contributed by atoms with Crippen molar-refractivity contribution in [1.29, 1.82) is 0 Å². The third-order valence-corrected chi connectivity index (χ3v) is 4.21.